The lowest BCUT2D eigenvalue weighted by Crippen LogP contribution is -2.25. The SMILES string of the molecule is CNC(=O)c1c(-c2ccc(C)cc2)oc2cc(N(C)S(C)(=O)=O)c(-c3ccc4c(n3)-c3cc5c(C#N)cccc5n3CCC4)cc12. The van der Waals surface area contributed by atoms with Crippen molar-refractivity contribution in [2.75, 3.05) is 24.7 Å². The Balaban J connectivity index is 1.51. The van der Waals surface area contributed by atoms with Crippen LogP contribution in [0.1, 0.15) is 33.5 Å². The number of nitriles is 1. The standard InChI is InChI=1S/C36H31N5O4S/c1-21-10-12-23(13-11-21)35-33(36(42)38-2)27-17-26(30(19-32(27)45-35)40(3)46(4,43)44)28-15-14-22-8-6-16-41-29-9-5-7-24(20-37)25(29)18-31(41)34(22)39-28/h5,7,9-15,17-19H,6,8,16H2,1-4H3,(H,38,42). The highest BCUT2D eigenvalue weighted by Gasteiger charge is 2.27. The first-order valence-electron chi connectivity index (χ1n) is 15.0. The van der Waals surface area contributed by atoms with Crippen molar-refractivity contribution in [1.29, 1.82) is 5.26 Å². The van der Waals surface area contributed by atoms with Crippen molar-refractivity contribution in [3.05, 3.63) is 95.1 Å². The molecule has 3 aromatic carbocycles. The molecule has 0 saturated carbocycles. The van der Waals surface area contributed by atoms with E-state index < -0.39 is 10.0 Å². The van der Waals surface area contributed by atoms with E-state index >= 15 is 0 Å². The molecule has 230 valence electrons. The molecule has 0 bridgehead atoms. The molecule has 1 aliphatic rings. The van der Waals surface area contributed by atoms with Gasteiger partial charge in [0.05, 0.1) is 46.2 Å². The van der Waals surface area contributed by atoms with Crippen LogP contribution in [0.3, 0.4) is 0 Å². The molecule has 0 radical (unpaired) electrons. The summed E-state index contributed by atoms with van der Waals surface area (Å²) in [4.78, 5) is 18.5. The van der Waals surface area contributed by atoms with E-state index in [4.69, 9.17) is 9.40 Å². The first-order valence-corrected chi connectivity index (χ1v) is 16.8. The molecule has 3 aromatic heterocycles. The molecule has 0 aliphatic carbocycles. The molecule has 9 nitrogen and oxygen atoms in total. The van der Waals surface area contributed by atoms with Crippen LogP contribution in [0.5, 0.6) is 0 Å². The maximum Gasteiger partial charge on any atom is 0.255 e. The molecule has 6 aromatic rings. The molecular formula is C36H31N5O4S. The highest BCUT2D eigenvalue weighted by Crippen LogP contribution is 2.42. The molecule has 46 heavy (non-hydrogen) atoms. The maximum atomic E-state index is 13.4. The predicted molar refractivity (Wildman–Crippen MR) is 180 cm³/mol. The van der Waals surface area contributed by atoms with Gasteiger partial charge in [0, 0.05) is 54.1 Å². The number of carbonyl (C=O) groups is 1. The summed E-state index contributed by atoms with van der Waals surface area (Å²) in [5, 5.41) is 13.9. The zero-order chi connectivity index (χ0) is 32.3. The number of benzene rings is 3. The van der Waals surface area contributed by atoms with Crippen molar-refractivity contribution in [2.45, 2.75) is 26.3 Å². The molecule has 0 spiro atoms. The summed E-state index contributed by atoms with van der Waals surface area (Å²) in [6.45, 7) is 2.76. The third-order valence-electron chi connectivity index (χ3n) is 8.80. The first-order chi connectivity index (χ1) is 22.1. The maximum absolute atomic E-state index is 13.4. The zero-order valence-corrected chi connectivity index (χ0v) is 26.7. The second kappa shape index (κ2) is 10.9. The quantitative estimate of drug-likeness (QED) is 0.228. The van der Waals surface area contributed by atoms with Crippen LogP contribution in [-0.2, 0) is 23.0 Å². The third kappa shape index (κ3) is 4.71. The molecule has 0 fully saturated rings. The minimum absolute atomic E-state index is 0.322. The van der Waals surface area contributed by atoms with E-state index in [9.17, 15) is 18.5 Å². The number of amides is 1. The van der Waals surface area contributed by atoms with Crippen molar-refractivity contribution in [3.8, 4) is 40.0 Å². The Morgan fingerprint density at radius 2 is 1.85 bits per heavy atom. The summed E-state index contributed by atoms with van der Waals surface area (Å²) in [6.07, 6.45) is 2.87. The minimum atomic E-state index is -3.68. The number of aromatic nitrogens is 2. The largest absolute Gasteiger partial charge is 0.455 e. The average molecular weight is 630 g/mol. The van der Waals surface area contributed by atoms with Gasteiger partial charge in [0.25, 0.3) is 5.91 Å². The fraction of sp³-hybridized carbons (Fsp3) is 0.194. The Morgan fingerprint density at radius 1 is 1.07 bits per heavy atom. The molecule has 4 heterocycles. The molecule has 0 saturated heterocycles. The fourth-order valence-electron chi connectivity index (χ4n) is 6.34. The van der Waals surface area contributed by atoms with Gasteiger partial charge >= 0.3 is 0 Å². The fourth-order valence-corrected chi connectivity index (χ4v) is 6.85. The highest BCUT2D eigenvalue weighted by atomic mass is 32.2. The summed E-state index contributed by atoms with van der Waals surface area (Å²) in [6, 6.07) is 25.2. The van der Waals surface area contributed by atoms with Gasteiger partial charge in [0.2, 0.25) is 10.0 Å². The van der Waals surface area contributed by atoms with Gasteiger partial charge in [-0.1, -0.05) is 42.0 Å². The lowest BCUT2D eigenvalue weighted by atomic mass is 9.99. The van der Waals surface area contributed by atoms with Crippen molar-refractivity contribution in [3.63, 3.8) is 0 Å². The third-order valence-corrected chi connectivity index (χ3v) is 9.99. The lowest BCUT2D eigenvalue weighted by Gasteiger charge is -2.21. The van der Waals surface area contributed by atoms with Crippen LogP contribution in [0.2, 0.25) is 0 Å². The van der Waals surface area contributed by atoms with Gasteiger partial charge in [0.15, 0.2) is 0 Å². The number of nitrogens with one attached hydrogen (secondary N) is 1. The van der Waals surface area contributed by atoms with Crippen LogP contribution in [0.15, 0.2) is 77.2 Å². The number of anilines is 1. The summed E-state index contributed by atoms with van der Waals surface area (Å²) in [5.41, 5.74) is 8.32. The summed E-state index contributed by atoms with van der Waals surface area (Å²) < 4.78 is 35.6. The minimum Gasteiger partial charge on any atom is -0.455 e. The first kappa shape index (κ1) is 29.3. The van der Waals surface area contributed by atoms with E-state index in [0.29, 0.717) is 44.8 Å². The van der Waals surface area contributed by atoms with Crippen LogP contribution < -0.4 is 9.62 Å². The number of nitrogens with zero attached hydrogens (tertiary/aromatic N) is 4. The monoisotopic (exact) mass is 629 g/mol. The number of fused-ring (bicyclic) bond motifs is 6. The normalized spacial score (nSPS) is 12.8. The molecule has 10 heteroatoms. The van der Waals surface area contributed by atoms with Gasteiger partial charge in [-0.15, -0.1) is 0 Å². The van der Waals surface area contributed by atoms with E-state index in [0.717, 1.165) is 64.6 Å². The summed E-state index contributed by atoms with van der Waals surface area (Å²) in [5.74, 6) is 0.0735. The van der Waals surface area contributed by atoms with E-state index in [1.54, 1.807) is 19.2 Å². The van der Waals surface area contributed by atoms with E-state index in [-0.39, 0.29) is 5.91 Å². The molecule has 1 N–H and O–H groups in total. The van der Waals surface area contributed by atoms with E-state index in [1.165, 1.54) is 11.4 Å². The highest BCUT2D eigenvalue weighted by molar-refractivity contribution is 7.92. The Bertz CT molecular complexity index is 2360. The Morgan fingerprint density at radius 3 is 2.57 bits per heavy atom. The van der Waals surface area contributed by atoms with Gasteiger partial charge in [0.1, 0.15) is 11.3 Å². The predicted octanol–water partition coefficient (Wildman–Crippen LogP) is 6.67. The molecule has 7 rings (SSSR count). The molecule has 0 unspecified atom stereocenters. The number of sulfonamides is 1. The average Bonchev–Trinajstić information content (AvgIpc) is 3.56. The smallest absolute Gasteiger partial charge is 0.255 e. The molecular weight excluding hydrogens is 598 g/mol. The number of furan rings is 1. The van der Waals surface area contributed by atoms with Gasteiger partial charge in [-0.05, 0) is 55.7 Å². The lowest BCUT2D eigenvalue weighted by molar-refractivity contribution is 0.0964. The Kier molecular flexibility index (Phi) is 6.94. The summed E-state index contributed by atoms with van der Waals surface area (Å²) in [7, 11) is -0.622. The number of carbonyl (C=O) groups excluding carboxylic acids is 1. The van der Waals surface area contributed by atoms with Crippen molar-refractivity contribution in [1.82, 2.24) is 14.9 Å². The number of aryl methyl sites for hydroxylation is 3. The van der Waals surface area contributed by atoms with Gasteiger partial charge in [-0.25, -0.2) is 13.4 Å². The zero-order valence-electron chi connectivity index (χ0n) is 25.9. The van der Waals surface area contributed by atoms with Gasteiger partial charge in [-0.2, -0.15) is 5.26 Å². The summed E-state index contributed by atoms with van der Waals surface area (Å²) >= 11 is 0. The molecule has 1 aliphatic heterocycles. The Labute approximate surface area is 266 Å². The van der Waals surface area contributed by atoms with Crippen LogP contribution in [0, 0.1) is 18.3 Å². The molecule has 1 amide bonds. The number of hydrogen-bond donors (Lipinski definition) is 1. The van der Waals surface area contributed by atoms with E-state index in [2.05, 4.69) is 16.0 Å². The Hall–Kier alpha value is -5.40. The van der Waals surface area contributed by atoms with Crippen molar-refractivity contribution >= 4 is 43.5 Å². The van der Waals surface area contributed by atoms with Crippen LogP contribution >= 0.6 is 0 Å². The van der Waals surface area contributed by atoms with E-state index in [1.807, 2.05) is 67.6 Å². The van der Waals surface area contributed by atoms with Gasteiger partial charge < -0.3 is 14.3 Å². The van der Waals surface area contributed by atoms with Crippen molar-refractivity contribution in [2.24, 2.45) is 0 Å². The van der Waals surface area contributed by atoms with Crippen LogP contribution in [0.4, 0.5) is 5.69 Å². The van der Waals surface area contributed by atoms with Crippen LogP contribution in [-0.4, -0.2) is 44.2 Å². The number of pyridine rings is 1. The van der Waals surface area contributed by atoms with Gasteiger partial charge in [-0.3, -0.25) is 9.10 Å². The number of hydrogen-bond acceptors (Lipinski definition) is 6. The van der Waals surface area contributed by atoms with Crippen molar-refractivity contribution < 1.29 is 17.6 Å². The second-order valence-corrected chi connectivity index (χ2v) is 13.7. The topological polar surface area (TPSA) is 121 Å². The second-order valence-electron chi connectivity index (χ2n) is 11.7. The number of rotatable bonds is 5. The van der Waals surface area contributed by atoms with Crippen LogP contribution in [0.25, 0.3) is 55.8 Å². The molecule has 0 atom stereocenters.